The molecule has 0 spiro atoms. The van der Waals surface area contributed by atoms with E-state index in [1.54, 1.807) is 0 Å². The Labute approximate surface area is 461 Å². The Hall–Kier alpha value is -5.02. The van der Waals surface area contributed by atoms with E-state index in [0.29, 0.717) is 0 Å². The van der Waals surface area contributed by atoms with Crippen LogP contribution >= 0.6 is 0 Å². The number of hydrogen-bond acceptors (Lipinski definition) is 2. The van der Waals surface area contributed by atoms with E-state index in [1.807, 2.05) is 0 Å². The van der Waals surface area contributed by atoms with Crippen molar-refractivity contribution in [1.29, 1.82) is 0 Å². The number of aryl methyl sites for hydroxylation is 1. The highest BCUT2D eigenvalue weighted by atomic mass is 15.2. The van der Waals surface area contributed by atoms with Gasteiger partial charge in [0.05, 0.1) is 5.69 Å². The average Bonchev–Trinajstić information content (AvgIpc) is 3.34. The second-order valence-electron chi connectivity index (χ2n) is 31.8. The van der Waals surface area contributed by atoms with Crippen LogP contribution in [0.15, 0.2) is 91.0 Å². The van der Waals surface area contributed by atoms with Crippen molar-refractivity contribution < 1.29 is 0 Å². The van der Waals surface area contributed by atoms with Gasteiger partial charge in [0.1, 0.15) is 0 Å². The zero-order chi connectivity index (χ0) is 54.6. The summed E-state index contributed by atoms with van der Waals surface area (Å²) in [6, 6.07) is 38.8. The molecular formula is C73H91BN2. The highest BCUT2D eigenvalue weighted by Crippen LogP contribution is 2.57. The third-order valence-electron chi connectivity index (χ3n) is 21.5. The normalized spacial score (nSPS) is 22.0. The lowest BCUT2D eigenvalue weighted by molar-refractivity contribution is 0.332. The third kappa shape index (κ3) is 7.66. The van der Waals surface area contributed by atoms with Gasteiger partial charge in [0.2, 0.25) is 0 Å². The molecule has 2 aliphatic heterocycles. The molecule has 4 aliphatic carbocycles. The number of hydrogen-bond donors (Lipinski definition) is 0. The predicted octanol–water partition coefficient (Wildman–Crippen LogP) is 18.4. The first-order valence-corrected chi connectivity index (χ1v) is 29.7. The molecule has 2 heterocycles. The first kappa shape index (κ1) is 51.7. The molecule has 0 aromatic heterocycles. The Morgan fingerprint density at radius 2 is 0.711 bits per heavy atom. The summed E-state index contributed by atoms with van der Waals surface area (Å²) in [4.78, 5) is 5.57. The molecule has 0 N–H and O–H groups in total. The van der Waals surface area contributed by atoms with Crippen LogP contribution in [0.25, 0.3) is 11.1 Å². The standard InChI is InChI=1S/C73H91BN2/c1-44-35-62-64-63(36-44)76(59-41-54-51(68(9,10)29-32-71(54,15)16)38-48(59)45-21-23-46(24-22-45)65(2,3)4)61-43-56-53(70(13,14)31-34-73(56,19)20)40-58(61)74(64)57-39-52-55(72(17,18)33-30-69(52,11)12)42-60(57)75(62)47-25-26-49-50(37-47)67(7,8)28-27-66(49,5)6/h21-26,35-43H,27-34H2,1-20H3. The Bertz CT molecular complexity index is 3430. The van der Waals surface area contributed by atoms with Gasteiger partial charge in [-0.15, -0.1) is 0 Å². The molecule has 6 aromatic rings. The Kier molecular flexibility index (Phi) is 10.9. The summed E-state index contributed by atoms with van der Waals surface area (Å²) in [7, 11) is 0. The molecule has 0 unspecified atom stereocenters. The van der Waals surface area contributed by atoms with Crippen molar-refractivity contribution in [1.82, 2.24) is 0 Å². The minimum atomic E-state index is 0.0213. The third-order valence-corrected chi connectivity index (χ3v) is 21.5. The largest absolute Gasteiger partial charge is 0.311 e. The van der Waals surface area contributed by atoms with Crippen molar-refractivity contribution >= 4 is 57.2 Å². The first-order valence-electron chi connectivity index (χ1n) is 29.7. The summed E-state index contributed by atoms with van der Waals surface area (Å²) in [5, 5.41) is 0. The van der Waals surface area contributed by atoms with Crippen LogP contribution in [-0.2, 0) is 48.7 Å². The molecule has 3 heteroatoms. The van der Waals surface area contributed by atoms with Crippen LogP contribution in [0, 0.1) is 6.92 Å². The molecule has 396 valence electrons. The molecule has 12 rings (SSSR count). The van der Waals surface area contributed by atoms with Gasteiger partial charge in [0.15, 0.2) is 0 Å². The summed E-state index contributed by atoms with van der Waals surface area (Å²) in [6.07, 6.45) is 9.45. The van der Waals surface area contributed by atoms with Gasteiger partial charge in [-0.25, -0.2) is 0 Å². The minimum absolute atomic E-state index is 0.0213. The second-order valence-corrected chi connectivity index (χ2v) is 31.8. The number of anilines is 6. The summed E-state index contributed by atoms with van der Waals surface area (Å²) < 4.78 is 0. The summed E-state index contributed by atoms with van der Waals surface area (Å²) in [5.41, 5.74) is 30.2. The molecule has 2 nitrogen and oxygen atoms in total. The van der Waals surface area contributed by atoms with E-state index in [1.165, 1.54) is 169 Å². The van der Waals surface area contributed by atoms with E-state index in [0.717, 1.165) is 0 Å². The molecule has 6 aliphatic rings. The lowest BCUT2D eigenvalue weighted by Gasteiger charge is -2.49. The van der Waals surface area contributed by atoms with E-state index in [-0.39, 0.29) is 55.4 Å². The van der Waals surface area contributed by atoms with E-state index < -0.39 is 0 Å². The maximum absolute atomic E-state index is 2.81. The molecule has 76 heavy (non-hydrogen) atoms. The zero-order valence-electron chi connectivity index (χ0n) is 50.8. The van der Waals surface area contributed by atoms with Gasteiger partial charge < -0.3 is 9.80 Å². The maximum Gasteiger partial charge on any atom is 0.252 e. The molecule has 0 radical (unpaired) electrons. The van der Waals surface area contributed by atoms with Crippen LogP contribution in [0.4, 0.5) is 34.1 Å². The van der Waals surface area contributed by atoms with Gasteiger partial charge in [0, 0.05) is 34.0 Å². The lowest BCUT2D eigenvalue weighted by Crippen LogP contribution is -2.62. The molecular weight excluding hydrogens is 916 g/mol. The molecule has 0 saturated carbocycles. The van der Waals surface area contributed by atoms with Gasteiger partial charge in [-0.05, 0) is 233 Å². The molecule has 0 saturated heterocycles. The first-order chi connectivity index (χ1) is 35.1. The topological polar surface area (TPSA) is 6.48 Å². The van der Waals surface area contributed by atoms with Crippen molar-refractivity contribution in [2.24, 2.45) is 0 Å². The van der Waals surface area contributed by atoms with Crippen LogP contribution in [0.1, 0.15) is 239 Å². The Morgan fingerprint density at radius 1 is 0.355 bits per heavy atom. The van der Waals surface area contributed by atoms with Gasteiger partial charge in [-0.1, -0.05) is 174 Å². The molecule has 0 amide bonds. The highest BCUT2D eigenvalue weighted by Gasteiger charge is 2.50. The van der Waals surface area contributed by atoms with Crippen molar-refractivity contribution in [2.75, 3.05) is 9.80 Å². The number of benzene rings is 6. The molecule has 0 bridgehead atoms. The van der Waals surface area contributed by atoms with Crippen LogP contribution in [0.2, 0.25) is 0 Å². The van der Waals surface area contributed by atoms with Crippen LogP contribution in [0.3, 0.4) is 0 Å². The smallest absolute Gasteiger partial charge is 0.252 e. The van der Waals surface area contributed by atoms with Crippen LogP contribution in [-0.4, -0.2) is 6.71 Å². The Balaban J connectivity index is 1.24. The maximum atomic E-state index is 2.81. The number of nitrogens with zero attached hydrogens (tertiary/aromatic N) is 2. The minimum Gasteiger partial charge on any atom is -0.311 e. The second kappa shape index (κ2) is 16.1. The molecule has 0 atom stereocenters. The monoisotopic (exact) mass is 1010 g/mol. The van der Waals surface area contributed by atoms with Gasteiger partial charge >= 0.3 is 0 Å². The van der Waals surface area contributed by atoms with Gasteiger partial charge in [-0.3, -0.25) is 0 Å². The average molecular weight is 1010 g/mol. The fourth-order valence-corrected chi connectivity index (χ4v) is 15.7. The Morgan fingerprint density at radius 3 is 1.14 bits per heavy atom. The van der Waals surface area contributed by atoms with Gasteiger partial charge in [0.25, 0.3) is 6.71 Å². The van der Waals surface area contributed by atoms with E-state index in [9.17, 15) is 0 Å². The fourth-order valence-electron chi connectivity index (χ4n) is 15.7. The molecule has 0 fully saturated rings. The van der Waals surface area contributed by atoms with Crippen molar-refractivity contribution in [3.05, 3.63) is 147 Å². The van der Waals surface area contributed by atoms with Crippen molar-refractivity contribution in [2.45, 2.75) is 239 Å². The number of rotatable bonds is 3. The van der Waals surface area contributed by atoms with Gasteiger partial charge in [-0.2, -0.15) is 0 Å². The summed E-state index contributed by atoms with van der Waals surface area (Å²) in [5.74, 6) is 0. The predicted molar refractivity (Wildman–Crippen MR) is 330 cm³/mol. The summed E-state index contributed by atoms with van der Waals surface area (Å²) >= 11 is 0. The van der Waals surface area contributed by atoms with E-state index in [4.69, 9.17) is 0 Å². The van der Waals surface area contributed by atoms with Crippen molar-refractivity contribution in [3.63, 3.8) is 0 Å². The summed E-state index contributed by atoms with van der Waals surface area (Å²) in [6.45, 7) is 49.5. The van der Waals surface area contributed by atoms with Crippen LogP contribution in [0.5, 0.6) is 0 Å². The molecule has 6 aromatic carbocycles. The SMILES string of the molecule is Cc1cc2c3c(c1)N(c1cc4c(cc1-c1ccc(C(C)(C)C)cc1)C(C)(C)CCC4(C)C)c1cc4c(cc1B3c1cc3c(cc1N2c1ccc2c(c1)C(C)(C)CCC2(C)C)C(C)(C)CCC3(C)C)C(C)(C)CCC4(C)C. The lowest BCUT2D eigenvalue weighted by atomic mass is 9.32. The zero-order valence-corrected chi connectivity index (χ0v) is 50.8. The van der Waals surface area contributed by atoms with Crippen LogP contribution < -0.4 is 26.2 Å². The quantitative estimate of drug-likeness (QED) is 0.163. The highest BCUT2D eigenvalue weighted by molar-refractivity contribution is 7.00. The van der Waals surface area contributed by atoms with E-state index in [2.05, 4.69) is 239 Å². The number of fused-ring (bicyclic) bond motifs is 8. The van der Waals surface area contributed by atoms with Crippen molar-refractivity contribution in [3.8, 4) is 11.1 Å². The fraction of sp³-hybridized carbons (Fsp3) is 0.507. The van der Waals surface area contributed by atoms with E-state index >= 15 is 0 Å².